The highest BCUT2D eigenvalue weighted by Gasteiger charge is 2.45. The molecular weight excluding hydrogens is 374 g/mol. The number of hydrogen-bond acceptors (Lipinski definition) is 1. The summed E-state index contributed by atoms with van der Waals surface area (Å²) in [5, 5.41) is 0. The van der Waals surface area contributed by atoms with Gasteiger partial charge in [0.25, 0.3) is 0 Å². The molecule has 1 heteroatoms. The summed E-state index contributed by atoms with van der Waals surface area (Å²) < 4.78 is 0. The van der Waals surface area contributed by atoms with Gasteiger partial charge in [-0.25, -0.2) is 0 Å². The molecule has 0 saturated carbocycles. The number of benzene rings is 3. The highest BCUT2D eigenvalue weighted by Crippen LogP contribution is 2.59. The molecule has 1 nitrogen and oxygen atoms in total. The predicted octanol–water partition coefficient (Wildman–Crippen LogP) is 8.03. The third-order valence-electron chi connectivity index (χ3n) is 7.77. The van der Waals surface area contributed by atoms with Crippen LogP contribution in [0.5, 0.6) is 0 Å². The minimum Gasteiger partial charge on any atom is -0.310 e. The van der Waals surface area contributed by atoms with Crippen molar-refractivity contribution in [3.63, 3.8) is 0 Å². The Hall–Kier alpha value is -3.06. The van der Waals surface area contributed by atoms with Crippen molar-refractivity contribution < 1.29 is 0 Å². The number of para-hydroxylation sites is 1. The van der Waals surface area contributed by atoms with Gasteiger partial charge in [-0.15, -0.1) is 0 Å². The molecule has 154 valence electrons. The van der Waals surface area contributed by atoms with E-state index in [2.05, 4.69) is 111 Å². The zero-order valence-corrected chi connectivity index (χ0v) is 18.9. The molecule has 2 heterocycles. The van der Waals surface area contributed by atoms with Crippen molar-refractivity contribution in [1.82, 2.24) is 0 Å². The summed E-state index contributed by atoms with van der Waals surface area (Å²) in [4.78, 5) is 2.57. The van der Waals surface area contributed by atoms with Crippen LogP contribution in [0.15, 0.2) is 90.2 Å². The van der Waals surface area contributed by atoms with Crippen LogP contribution in [-0.4, -0.2) is 0 Å². The van der Waals surface area contributed by atoms with Gasteiger partial charge >= 0.3 is 0 Å². The monoisotopic (exact) mass is 403 g/mol. The quantitative estimate of drug-likeness (QED) is 0.397. The topological polar surface area (TPSA) is 3.24 Å². The molecule has 6 rings (SSSR count). The van der Waals surface area contributed by atoms with E-state index in [1.165, 1.54) is 44.9 Å². The molecule has 31 heavy (non-hydrogen) atoms. The fourth-order valence-electron chi connectivity index (χ4n) is 6.01. The van der Waals surface area contributed by atoms with Gasteiger partial charge in [-0.1, -0.05) is 88.4 Å². The first-order valence-corrected chi connectivity index (χ1v) is 11.4. The molecule has 0 unspecified atom stereocenters. The molecule has 0 saturated heterocycles. The van der Waals surface area contributed by atoms with Crippen molar-refractivity contribution in [3.8, 4) is 11.1 Å². The highest BCUT2D eigenvalue weighted by atomic mass is 15.2. The molecule has 0 aromatic heterocycles. The second-order valence-electron chi connectivity index (χ2n) is 10.2. The van der Waals surface area contributed by atoms with Gasteiger partial charge in [0.15, 0.2) is 0 Å². The maximum atomic E-state index is 2.57. The number of anilines is 2. The van der Waals surface area contributed by atoms with Crippen LogP contribution >= 0.6 is 0 Å². The fraction of sp³-hybridized carbons (Fsp3) is 0.267. The summed E-state index contributed by atoms with van der Waals surface area (Å²) in [7, 11) is 0. The average Bonchev–Trinajstić information content (AvgIpc) is 2.79. The van der Waals surface area contributed by atoms with Gasteiger partial charge in [0, 0.05) is 16.5 Å². The Balaban J connectivity index is 1.67. The van der Waals surface area contributed by atoms with Crippen LogP contribution in [0.2, 0.25) is 0 Å². The lowest BCUT2D eigenvalue weighted by atomic mass is 9.65. The second-order valence-corrected chi connectivity index (χ2v) is 10.2. The molecule has 0 amide bonds. The largest absolute Gasteiger partial charge is 0.310 e. The van der Waals surface area contributed by atoms with Gasteiger partial charge in [0.05, 0.1) is 11.4 Å². The van der Waals surface area contributed by atoms with Crippen LogP contribution in [0, 0.1) is 0 Å². The lowest BCUT2D eigenvalue weighted by molar-refractivity contribution is 0.555. The molecule has 0 N–H and O–H groups in total. The van der Waals surface area contributed by atoms with E-state index in [1.54, 1.807) is 5.57 Å². The van der Waals surface area contributed by atoms with Crippen LogP contribution in [0.3, 0.4) is 0 Å². The molecule has 3 aromatic rings. The molecule has 3 aliphatic rings. The van der Waals surface area contributed by atoms with Crippen molar-refractivity contribution in [1.29, 1.82) is 0 Å². The number of nitrogens with zero attached hydrogens (tertiary/aromatic N) is 1. The van der Waals surface area contributed by atoms with Gasteiger partial charge in [-0.05, 0) is 64.4 Å². The molecule has 0 fully saturated rings. The smallest absolute Gasteiger partial charge is 0.0543 e. The second kappa shape index (κ2) is 6.23. The van der Waals surface area contributed by atoms with Crippen molar-refractivity contribution >= 4 is 11.4 Å². The van der Waals surface area contributed by atoms with E-state index >= 15 is 0 Å². The average molecular weight is 404 g/mol. The minimum atomic E-state index is -0.0610. The standard InChI is InChI=1S/C30H29N/c1-29(2)22-13-8-9-16-26(22)31-27-18-17-21(20-11-6-5-7-12-20)19-25(27)30(3,4)24-15-10-14-23(29)28(24)31/h5-7,9-12,14-19H,8,13H2,1-4H3. The van der Waals surface area contributed by atoms with Crippen LogP contribution in [-0.2, 0) is 10.8 Å². The Kier molecular flexibility index (Phi) is 3.76. The Morgan fingerprint density at radius 3 is 2.23 bits per heavy atom. The van der Waals surface area contributed by atoms with Gasteiger partial charge in [0.2, 0.25) is 0 Å². The predicted molar refractivity (Wildman–Crippen MR) is 131 cm³/mol. The molecule has 0 radical (unpaired) electrons. The maximum absolute atomic E-state index is 2.57. The highest BCUT2D eigenvalue weighted by molar-refractivity contribution is 5.88. The number of fused-ring (bicyclic) bond motifs is 3. The third-order valence-corrected chi connectivity index (χ3v) is 7.77. The first-order valence-electron chi connectivity index (χ1n) is 11.4. The first-order chi connectivity index (χ1) is 14.9. The van der Waals surface area contributed by atoms with Gasteiger partial charge < -0.3 is 4.90 Å². The van der Waals surface area contributed by atoms with Crippen LogP contribution in [0.1, 0.15) is 57.2 Å². The Morgan fingerprint density at radius 2 is 1.45 bits per heavy atom. The Bertz CT molecular complexity index is 1270. The molecule has 0 spiro atoms. The lowest BCUT2D eigenvalue weighted by Crippen LogP contribution is -2.40. The van der Waals surface area contributed by atoms with Gasteiger partial charge in [-0.2, -0.15) is 0 Å². The first kappa shape index (κ1) is 18.7. The SMILES string of the molecule is CC1(C)C2=C(C=CCC2)N2c3ccc(-c4ccccc4)cc3C(C)(C)c3cccc1c32. The molecule has 1 aliphatic carbocycles. The summed E-state index contributed by atoms with van der Waals surface area (Å²) in [6.07, 6.45) is 6.99. The molecule has 0 atom stereocenters. The Morgan fingerprint density at radius 1 is 0.710 bits per heavy atom. The summed E-state index contributed by atoms with van der Waals surface area (Å²) in [6, 6.07) is 24.8. The fourth-order valence-corrected chi connectivity index (χ4v) is 6.01. The molecule has 0 bridgehead atoms. The molecular formula is C30H29N. The van der Waals surface area contributed by atoms with Crippen molar-refractivity contribution in [3.05, 3.63) is 107 Å². The minimum absolute atomic E-state index is 0.0551. The van der Waals surface area contributed by atoms with Gasteiger partial charge in [0.1, 0.15) is 0 Å². The lowest BCUT2D eigenvalue weighted by Gasteiger charge is -2.50. The van der Waals surface area contributed by atoms with E-state index < -0.39 is 0 Å². The van der Waals surface area contributed by atoms with E-state index in [1.807, 2.05) is 0 Å². The van der Waals surface area contributed by atoms with Crippen LogP contribution < -0.4 is 4.90 Å². The van der Waals surface area contributed by atoms with E-state index in [9.17, 15) is 0 Å². The Labute approximate surface area is 185 Å². The van der Waals surface area contributed by atoms with Crippen molar-refractivity contribution in [2.45, 2.75) is 51.4 Å². The van der Waals surface area contributed by atoms with Crippen molar-refractivity contribution in [2.24, 2.45) is 0 Å². The zero-order valence-electron chi connectivity index (χ0n) is 18.9. The number of hydrogen-bond donors (Lipinski definition) is 0. The summed E-state index contributed by atoms with van der Waals surface area (Å²) in [5.74, 6) is 0. The van der Waals surface area contributed by atoms with E-state index in [4.69, 9.17) is 0 Å². The molecule has 2 aliphatic heterocycles. The van der Waals surface area contributed by atoms with Crippen LogP contribution in [0.4, 0.5) is 11.4 Å². The van der Waals surface area contributed by atoms with Crippen LogP contribution in [0.25, 0.3) is 11.1 Å². The summed E-state index contributed by atoms with van der Waals surface area (Å²) >= 11 is 0. The van der Waals surface area contributed by atoms with E-state index in [0.29, 0.717) is 0 Å². The van der Waals surface area contributed by atoms with Crippen molar-refractivity contribution in [2.75, 3.05) is 4.90 Å². The van der Waals surface area contributed by atoms with E-state index in [-0.39, 0.29) is 10.8 Å². The molecule has 3 aromatic carbocycles. The number of allylic oxidation sites excluding steroid dienone is 3. The van der Waals surface area contributed by atoms with Gasteiger partial charge in [-0.3, -0.25) is 0 Å². The summed E-state index contributed by atoms with van der Waals surface area (Å²) in [5.41, 5.74) is 12.6. The normalized spacial score (nSPS) is 19.5. The third kappa shape index (κ3) is 2.44. The maximum Gasteiger partial charge on any atom is 0.0543 e. The van der Waals surface area contributed by atoms with E-state index in [0.717, 1.165) is 12.8 Å². The zero-order chi connectivity index (χ0) is 21.4. The summed E-state index contributed by atoms with van der Waals surface area (Å²) in [6.45, 7) is 9.60. The number of rotatable bonds is 1.